The van der Waals surface area contributed by atoms with Gasteiger partial charge in [0.25, 0.3) is 0 Å². The average Bonchev–Trinajstić information content (AvgIpc) is 3.32. The predicted octanol–water partition coefficient (Wildman–Crippen LogP) is 4.84. The molecule has 7 nitrogen and oxygen atoms in total. The minimum absolute atomic E-state index is 0.568. The van der Waals surface area contributed by atoms with Crippen molar-refractivity contribution in [1.29, 1.82) is 0 Å². The Hall–Kier alpha value is -3.58. The van der Waals surface area contributed by atoms with E-state index in [1.807, 2.05) is 12.3 Å². The number of rotatable bonds is 6. The molecule has 2 aliphatic heterocycles. The van der Waals surface area contributed by atoms with Crippen molar-refractivity contribution in [1.82, 2.24) is 19.9 Å². The molecule has 0 radical (unpaired) electrons. The molecule has 2 N–H and O–H groups in total. The molecule has 1 aliphatic carbocycles. The van der Waals surface area contributed by atoms with Crippen LogP contribution in [0.25, 0.3) is 22.2 Å². The first-order valence-corrected chi connectivity index (χ1v) is 12.6. The van der Waals surface area contributed by atoms with Crippen molar-refractivity contribution >= 4 is 28.2 Å². The van der Waals surface area contributed by atoms with Gasteiger partial charge in [-0.15, -0.1) is 0 Å². The molecule has 1 saturated carbocycles. The van der Waals surface area contributed by atoms with Crippen LogP contribution < -0.4 is 20.3 Å². The van der Waals surface area contributed by atoms with Gasteiger partial charge in [-0.2, -0.15) is 0 Å². The molecule has 7 rings (SSSR count). The quantitative estimate of drug-likeness (QED) is 0.424. The Balaban J connectivity index is 1.17. The average molecular weight is 467 g/mol. The second-order valence-electron chi connectivity index (χ2n) is 10.1. The van der Waals surface area contributed by atoms with Gasteiger partial charge in [-0.1, -0.05) is 18.2 Å². The summed E-state index contributed by atoms with van der Waals surface area (Å²) in [6, 6.07) is 17.6. The second-order valence-corrected chi connectivity index (χ2v) is 10.1. The monoisotopic (exact) mass is 466 g/mol. The van der Waals surface area contributed by atoms with Gasteiger partial charge >= 0.3 is 0 Å². The molecule has 2 unspecified atom stereocenters. The van der Waals surface area contributed by atoms with Gasteiger partial charge in [0.2, 0.25) is 5.95 Å². The van der Waals surface area contributed by atoms with Crippen molar-refractivity contribution in [2.45, 2.75) is 18.9 Å². The maximum atomic E-state index is 5.76. The minimum Gasteiger partial charge on any atom is -0.494 e. The standard InChI is InChI=1S/C28H30N6O/c1-35-27-12-21(33-15-18-13-29-14-19(18)16-33)8-9-25(27)32-28-30-11-10-24(31-28)23-17-34(20-6-7-20)26-5-3-2-4-22(23)26/h2-5,8-12,17-20,29H,6-7,13-16H2,1H3,(H,30,31,32). The van der Waals surface area contributed by atoms with E-state index >= 15 is 0 Å². The highest BCUT2D eigenvalue weighted by molar-refractivity contribution is 5.95. The van der Waals surface area contributed by atoms with Crippen molar-refractivity contribution in [3.05, 3.63) is 60.9 Å². The number of hydrogen-bond acceptors (Lipinski definition) is 6. The highest BCUT2D eigenvalue weighted by atomic mass is 16.5. The molecule has 0 bridgehead atoms. The molecule has 2 saturated heterocycles. The van der Waals surface area contributed by atoms with Crippen molar-refractivity contribution in [3.8, 4) is 17.0 Å². The summed E-state index contributed by atoms with van der Waals surface area (Å²) >= 11 is 0. The highest BCUT2D eigenvalue weighted by Gasteiger charge is 2.36. The zero-order valence-corrected chi connectivity index (χ0v) is 19.9. The van der Waals surface area contributed by atoms with Crippen molar-refractivity contribution in [2.75, 3.05) is 43.5 Å². The number of ether oxygens (including phenoxy) is 1. The van der Waals surface area contributed by atoms with Crippen molar-refractivity contribution in [2.24, 2.45) is 11.8 Å². The van der Waals surface area contributed by atoms with Crippen LogP contribution in [0.4, 0.5) is 17.3 Å². The third kappa shape index (κ3) is 3.71. The molecule has 4 aromatic rings. The molecule has 0 spiro atoms. The third-order valence-corrected chi connectivity index (χ3v) is 7.80. The number of nitrogens with zero attached hydrogens (tertiary/aromatic N) is 4. The van der Waals surface area contributed by atoms with Gasteiger partial charge in [-0.3, -0.25) is 0 Å². The van der Waals surface area contributed by atoms with Crippen LogP contribution >= 0.6 is 0 Å². The summed E-state index contributed by atoms with van der Waals surface area (Å²) in [5.74, 6) is 2.87. The Morgan fingerprint density at radius 2 is 1.86 bits per heavy atom. The van der Waals surface area contributed by atoms with Crippen LogP contribution in [-0.2, 0) is 0 Å². The Morgan fingerprint density at radius 3 is 2.66 bits per heavy atom. The second kappa shape index (κ2) is 8.27. The molecule has 2 aromatic heterocycles. The molecule has 3 fully saturated rings. The first-order valence-electron chi connectivity index (χ1n) is 12.6. The summed E-state index contributed by atoms with van der Waals surface area (Å²) in [5, 5.41) is 8.15. The number of benzene rings is 2. The molecule has 2 atom stereocenters. The van der Waals surface area contributed by atoms with Crippen molar-refractivity contribution in [3.63, 3.8) is 0 Å². The van der Waals surface area contributed by atoms with Crippen LogP contribution in [0.1, 0.15) is 18.9 Å². The summed E-state index contributed by atoms with van der Waals surface area (Å²) in [5.41, 5.74) is 5.43. The first-order chi connectivity index (χ1) is 17.3. The number of hydrogen-bond donors (Lipinski definition) is 2. The van der Waals surface area contributed by atoms with Gasteiger partial charge in [0, 0.05) is 72.8 Å². The Morgan fingerprint density at radius 1 is 1.03 bits per heavy atom. The fraction of sp³-hybridized carbons (Fsp3) is 0.357. The van der Waals surface area contributed by atoms with Crippen LogP contribution in [0, 0.1) is 11.8 Å². The number of para-hydroxylation sites is 1. The van der Waals surface area contributed by atoms with Gasteiger partial charge in [0.1, 0.15) is 5.75 Å². The lowest BCUT2D eigenvalue weighted by Gasteiger charge is -2.21. The summed E-state index contributed by atoms with van der Waals surface area (Å²) in [6.07, 6.45) is 6.58. The molecule has 4 heterocycles. The summed E-state index contributed by atoms with van der Waals surface area (Å²) < 4.78 is 8.17. The number of methoxy groups -OCH3 is 1. The first kappa shape index (κ1) is 20.8. The molecule has 3 aliphatic rings. The fourth-order valence-electron chi connectivity index (χ4n) is 5.80. The lowest BCUT2D eigenvalue weighted by atomic mass is 10.0. The Kier molecular flexibility index (Phi) is 4.91. The Labute approximate surface area is 205 Å². The largest absolute Gasteiger partial charge is 0.494 e. The third-order valence-electron chi connectivity index (χ3n) is 7.80. The van der Waals surface area contributed by atoms with E-state index < -0.39 is 0 Å². The zero-order valence-electron chi connectivity index (χ0n) is 19.9. The fourth-order valence-corrected chi connectivity index (χ4v) is 5.80. The van der Waals surface area contributed by atoms with Crippen LogP contribution in [0.3, 0.4) is 0 Å². The highest BCUT2D eigenvalue weighted by Crippen LogP contribution is 2.41. The zero-order chi connectivity index (χ0) is 23.4. The van der Waals surface area contributed by atoms with E-state index in [9.17, 15) is 0 Å². The van der Waals surface area contributed by atoms with E-state index in [4.69, 9.17) is 9.72 Å². The number of nitrogens with one attached hydrogen (secondary N) is 2. The molecule has 178 valence electrons. The Bertz CT molecular complexity index is 1380. The maximum absolute atomic E-state index is 5.76. The molecule has 35 heavy (non-hydrogen) atoms. The minimum atomic E-state index is 0.568. The van der Waals surface area contributed by atoms with E-state index in [-0.39, 0.29) is 0 Å². The smallest absolute Gasteiger partial charge is 0.227 e. The van der Waals surface area contributed by atoms with Gasteiger partial charge in [-0.25, -0.2) is 9.97 Å². The molecular formula is C28H30N6O. The van der Waals surface area contributed by atoms with Crippen LogP contribution in [0.15, 0.2) is 60.9 Å². The van der Waals surface area contributed by atoms with Gasteiger partial charge < -0.3 is 24.8 Å². The number of fused-ring (bicyclic) bond motifs is 2. The van der Waals surface area contributed by atoms with E-state index in [1.165, 1.54) is 29.4 Å². The SMILES string of the molecule is COc1cc(N2CC3CNCC3C2)ccc1Nc1nccc(-c2cn(C3CC3)c3ccccc23)n1. The molecule has 7 heteroatoms. The summed E-state index contributed by atoms with van der Waals surface area (Å²) in [4.78, 5) is 11.9. The van der Waals surface area contributed by atoms with Gasteiger partial charge in [0.15, 0.2) is 0 Å². The van der Waals surface area contributed by atoms with E-state index in [2.05, 4.69) is 73.7 Å². The topological polar surface area (TPSA) is 67.2 Å². The molecule has 2 aromatic carbocycles. The summed E-state index contributed by atoms with van der Waals surface area (Å²) in [7, 11) is 1.72. The van der Waals surface area contributed by atoms with E-state index in [1.54, 1.807) is 7.11 Å². The van der Waals surface area contributed by atoms with E-state index in [0.717, 1.165) is 60.7 Å². The van der Waals surface area contributed by atoms with Gasteiger partial charge in [-0.05, 0) is 48.9 Å². The maximum Gasteiger partial charge on any atom is 0.227 e. The molecular weight excluding hydrogens is 436 g/mol. The lowest BCUT2D eigenvalue weighted by Crippen LogP contribution is -2.25. The lowest BCUT2D eigenvalue weighted by molar-refractivity contribution is 0.417. The van der Waals surface area contributed by atoms with Crippen molar-refractivity contribution < 1.29 is 4.74 Å². The van der Waals surface area contributed by atoms with Gasteiger partial charge in [0.05, 0.1) is 18.5 Å². The number of aromatic nitrogens is 3. The summed E-state index contributed by atoms with van der Waals surface area (Å²) in [6.45, 7) is 4.47. The number of anilines is 3. The van der Waals surface area contributed by atoms with Crippen LogP contribution in [-0.4, -0.2) is 47.8 Å². The van der Waals surface area contributed by atoms with Crippen LogP contribution in [0.5, 0.6) is 5.75 Å². The van der Waals surface area contributed by atoms with E-state index in [0.29, 0.717) is 12.0 Å². The van der Waals surface area contributed by atoms with Crippen LogP contribution in [0.2, 0.25) is 0 Å². The normalized spacial score (nSPS) is 21.5. The predicted molar refractivity (Wildman–Crippen MR) is 140 cm³/mol. The molecule has 0 amide bonds.